The molecule has 0 unspecified atom stereocenters. The lowest BCUT2D eigenvalue weighted by atomic mass is 10.0. The zero-order valence-corrected chi connectivity index (χ0v) is 14.0. The van der Waals surface area contributed by atoms with E-state index in [4.69, 9.17) is 0 Å². The molecule has 0 bridgehead atoms. The van der Waals surface area contributed by atoms with E-state index < -0.39 is 6.04 Å². The number of likely N-dealkylation sites (N-methyl/N-ethyl adjacent to an activating group) is 1. The molecule has 2 aromatic rings. The van der Waals surface area contributed by atoms with Crippen LogP contribution in [-0.2, 0) is 22.6 Å². The normalized spacial score (nSPS) is 18.6. The van der Waals surface area contributed by atoms with Crippen LogP contribution in [0.4, 0.5) is 0 Å². The summed E-state index contributed by atoms with van der Waals surface area (Å²) in [4.78, 5) is 33.6. The number of piperazine rings is 1. The third-order valence-electron chi connectivity index (χ3n) is 4.16. The molecule has 2 amide bonds. The number of amides is 2. The van der Waals surface area contributed by atoms with Gasteiger partial charge < -0.3 is 9.80 Å². The molecule has 120 valence electrons. The second kappa shape index (κ2) is 6.50. The topological polar surface area (TPSA) is 53.5 Å². The Bertz CT molecular complexity index is 714. The summed E-state index contributed by atoms with van der Waals surface area (Å²) in [6, 6.07) is 9.37. The van der Waals surface area contributed by atoms with Crippen LogP contribution in [0.2, 0.25) is 0 Å². The molecular formula is C17H19N3O2S. The van der Waals surface area contributed by atoms with Crippen LogP contribution in [0.3, 0.4) is 0 Å². The summed E-state index contributed by atoms with van der Waals surface area (Å²) in [5, 5.41) is 0. The van der Waals surface area contributed by atoms with Gasteiger partial charge >= 0.3 is 0 Å². The number of aromatic nitrogens is 1. The molecular weight excluding hydrogens is 310 g/mol. The number of hydrogen-bond acceptors (Lipinski definition) is 4. The van der Waals surface area contributed by atoms with Crippen molar-refractivity contribution < 1.29 is 9.59 Å². The van der Waals surface area contributed by atoms with Gasteiger partial charge in [-0.15, -0.1) is 11.3 Å². The van der Waals surface area contributed by atoms with Crippen LogP contribution >= 0.6 is 11.3 Å². The van der Waals surface area contributed by atoms with E-state index in [-0.39, 0.29) is 18.4 Å². The van der Waals surface area contributed by atoms with E-state index in [0.717, 1.165) is 16.1 Å². The molecule has 3 rings (SSSR count). The van der Waals surface area contributed by atoms with Gasteiger partial charge in [-0.2, -0.15) is 0 Å². The molecule has 0 aliphatic carbocycles. The second-order valence-corrected chi connectivity index (χ2v) is 6.72. The zero-order chi connectivity index (χ0) is 16.4. The lowest BCUT2D eigenvalue weighted by Crippen LogP contribution is -2.59. The molecule has 23 heavy (non-hydrogen) atoms. The number of carbonyl (C=O) groups is 2. The van der Waals surface area contributed by atoms with Crippen LogP contribution in [0.1, 0.15) is 16.1 Å². The summed E-state index contributed by atoms with van der Waals surface area (Å²) < 4.78 is 0. The smallest absolute Gasteiger partial charge is 0.245 e. The first-order valence-electron chi connectivity index (χ1n) is 7.53. The third kappa shape index (κ3) is 3.27. The molecule has 1 aliphatic heterocycles. The van der Waals surface area contributed by atoms with Gasteiger partial charge in [0.2, 0.25) is 11.8 Å². The fourth-order valence-corrected chi connectivity index (χ4v) is 3.57. The molecule has 1 aromatic carbocycles. The minimum Gasteiger partial charge on any atom is -0.335 e. The number of benzene rings is 1. The van der Waals surface area contributed by atoms with Gasteiger partial charge in [0.15, 0.2) is 0 Å². The summed E-state index contributed by atoms with van der Waals surface area (Å²) in [6.45, 7) is 2.52. The highest BCUT2D eigenvalue weighted by Crippen LogP contribution is 2.22. The van der Waals surface area contributed by atoms with E-state index in [2.05, 4.69) is 4.98 Å². The highest BCUT2D eigenvalue weighted by molar-refractivity contribution is 7.09. The first-order valence-corrected chi connectivity index (χ1v) is 8.41. The average molecular weight is 329 g/mol. The monoisotopic (exact) mass is 329 g/mol. The van der Waals surface area contributed by atoms with E-state index in [1.165, 1.54) is 16.2 Å². The van der Waals surface area contributed by atoms with Crippen molar-refractivity contribution in [3.8, 4) is 0 Å². The van der Waals surface area contributed by atoms with Crippen LogP contribution in [-0.4, -0.2) is 46.2 Å². The Morgan fingerprint density at radius 3 is 2.65 bits per heavy atom. The van der Waals surface area contributed by atoms with Crippen molar-refractivity contribution >= 4 is 23.2 Å². The van der Waals surface area contributed by atoms with Crippen LogP contribution in [0.5, 0.6) is 0 Å². The van der Waals surface area contributed by atoms with Crippen LogP contribution in [0.15, 0.2) is 35.8 Å². The molecule has 1 aliphatic rings. The van der Waals surface area contributed by atoms with Crippen molar-refractivity contribution in [3.05, 3.63) is 52.0 Å². The van der Waals surface area contributed by atoms with E-state index in [0.29, 0.717) is 13.0 Å². The average Bonchev–Trinajstić information content (AvgIpc) is 2.94. The van der Waals surface area contributed by atoms with E-state index in [1.807, 2.05) is 37.3 Å². The van der Waals surface area contributed by atoms with Crippen molar-refractivity contribution in [2.24, 2.45) is 0 Å². The van der Waals surface area contributed by atoms with Gasteiger partial charge in [0, 0.05) is 18.3 Å². The summed E-state index contributed by atoms with van der Waals surface area (Å²) in [5.74, 6) is -0.0172. The predicted molar refractivity (Wildman–Crippen MR) is 89.0 cm³/mol. The maximum Gasteiger partial charge on any atom is 0.245 e. The van der Waals surface area contributed by atoms with E-state index in [1.54, 1.807) is 17.5 Å². The van der Waals surface area contributed by atoms with Gasteiger partial charge in [-0.1, -0.05) is 30.3 Å². The second-order valence-electron chi connectivity index (χ2n) is 5.78. The number of nitrogens with zero attached hydrogens (tertiary/aromatic N) is 3. The predicted octanol–water partition coefficient (Wildman–Crippen LogP) is 1.86. The van der Waals surface area contributed by atoms with Crippen molar-refractivity contribution in [1.29, 1.82) is 0 Å². The number of aryl methyl sites for hydroxylation is 1. The Morgan fingerprint density at radius 1 is 1.26 bits per heavy atom. The summed E-state index contributed by atoms with van der Waals surface area (Å²) in [7, 11) is 1.69. The minimum atomic E-state index is -0.454. The Kier molecular flexibility index (Phi) is 4.43. The van der Waals surface area contributed by atoms with Gasteiger partial charge in [-0.25, -0.2) is 4.98 Å². The molecule has 0 N–H and O–H groups in total. The summed E-state index contributed by atoms with van der Waals surface area (Å²) in [5.41, 5.74) is 3.76. The summed E-state index contributed by atoms with van der Waals surface area (Å²) in [6.07, 6.45) is 0.535. The fourth-order valence-electron chi connectivity index (χ4n) is 2.80. The molecule has 6 heteroatoms. The number of carbonyl (C=O) groups excluding carboxylic acids is 2. The van der Waals surface area contributed by atoms with E-state index >= 15 is 0 Å². The molecule has 1 fully saturated rings. The quantitative estimate of drug-likeness (QED) is 0.860. The molecule has 0 saturated carbocycles. The van der Waals surface area contributed by atoms with Gasteiger partial charge in [-0.05, 0) is 12.5 Å². The number of hydrogen-bond donors (Lipinski definition) is 0. The van der Waals surface area contributed by atoms with Crippen molar-refractivity contribution in [3.63, 3.8) is 0 Å². The number of rotatable bonds is 4. The third-order valence-corrected chi connectivity index (χ3v) is 5.08. The minimum absolute atomic E-state index is 0.00405. The Morgan fingerprint density at radius 2 is 2.00 bits per heavy atom. The number of thiazole rings is 1. The maximum atomic E-state index is 12.6. The first-order chi connectivity index (χ1) is 11.1. The summed E-state index contributed by atoms with van der Waals surface area (Å²) >= 11 is 1.53. The lowest BCUT2D eigenvalue weighted by Gasteiger charge is -2.38. The van der Waals surface area contributed by atoms with Gasteiger partial charge in [0.25, 0.3) is 0 Å². The molecule has 2 heterocycles. The highest BCUT2D eigenvalue weighted by atomic mass is 32.1. The van der Waals surface area contributed by atoms with Crippen molar-refractivity contribution in [1.82, 2.24) is 14.8 Å². The highest BCUT2D eigenvalue weighted by Gasteiger charge is 2.38. The molecule has 0 radical (unpaired) electrons. The molecule has 5 nitrogen and oxygen atoms in total. The molecule has 1 atom stereocenters. The maximum absolute atomic E-state index is 12.6. The largest absolute Gasteiger partial charge is 0.335 e. The van der Waals surface area contributed by atoms with Crippen LogP contribution < -0.4 is 0 Å². The van der Waals surface area contributed by atoms with Gasteiger partial charge in [-0.3, -0.25) is 9.59 Å². The Labute approximate surface area is 139 Å². The van der Waals surface area contributed by atoms with Crippen molar-refractivity contribution in [2.75, 3.05) is 13.6 Å². The fraction of sp³-hybridized carbons (Fsp3) is 0.353. The van der Waals surface area contributed by atoms with E-state index in [9.17, 15) is 9.59 Å². The lowest BCUT2D eigenvalue weighted by molar-refractivity contribution is -0.155. The van der Waals surface area contributed by atoms with Crippen molar-refractivity contribution in [2.45, 2.75) is 25.9 Å². The Hall–Kier alpha value is -2.21. The standard InChI is InChI=1S/C17H19N3O2S/c1-12-15(23-11-18-12)9-20-14(8-13-6-4-3-5-7-13)17(22)19(2)10-16(20)21/h3-7,11,14H,8-10H2,1-2H3/t14-/m0/s1. The molecule has 0 spiro atoms. The SMILES string of the molecule is Cc1ncsc1CN1C(=O)CN(C)C(=O)[C@@H]1Cc1ccccc1. The van der Waals surface area contributed by atoms with Crippen LogP contribution in [0, 0.1) is 6.92 Å². The molecule has 1 saturated heterocycles. The Balaban J connectivity index is 1.87. The molecule has 1 aromatic heterocycles. The first kappa shape index (κ1) is 15.7. The van der Waals surface area contributed by atoms with Crippen LogP contribution in [0.25, 0.3) is 0 Å². The van der Waals surface area contributed by atoms with Gasteiger partial charge in [0.05, 0.1) is 24.3 Å². The zero-order valence-electron chi connectivity index (χ0n) is 13.2. The van der Waals surface area contributed by atoms with Gasteiger partial charge in [0.1, 0.15) is 6.04 Å².